The van der Waals surface area contributed by atoms with Gasteiger partial charge < -0.3 is 15.3 Å². The molecule has 2 atom stereocenters. The smallest absolute Gasteiger partial charge is 0.0611 e. The predicted octanol–water partition coefficient (Wildman–Crippen LogP) is 1.30. The van der Waals surface area contributed by atoms with Crippen molar-refractivity contribution in [3.05, 3.63) is 0 Å². The number of hydrogen-bond acceptors (Lipinski definition) is 4. The molecule has 0 aromatic heterocycles. The van der Waals surface area contributed by atoms with E-state index < -0.39 is 0 Å². The molecule has 20 heavy (non-hydrogen) atoms. The van der Waals surface area contributed by atoms with Crippen LogP contribution < -0.4 is 5.32 Å². The van der Waals surface area contributed by atoms with Crippen molar-refractivity contribution in [2.45, 2.75) is 64.1 Å². The molecule has 0 aromatic rings. The zero-order valence-electron chi connectivity index (χ0n) is 13.6. The number of aliphatic hydroxyl groups excluding tert-OH is 1. The van der Waals surface area contributed by atoms with Crippen LogP contribution in [0.4, 0.5) is 0 Å². The monoisotopic (exact) mass is 283 g/mol. The second kappa shape index (κ2) is 7.21. The Morgan fingerprint density at radius 1 is 1.25 bits per heavy atom. The van der Waals surface area contributed by atoms with E-state index in [1.165, 1.54) is 45.4 Å². The molecule has 0 amide bonds. The maximum absolute atomic E-state index is 9.66. The standard InChI is InChI=1S/C16H33N3O/c1-14(2)17-16(3,13-20)7-9-18-10-11-19-8-5-4-6-15(19)12-18/h14-15,17,20H,4-13H2,1-3H3. The number of piperazine rings is 1. The van der Waals surface area contributed by atoms with Crippen molar-refractivity contribution in [1.82, 2.24) is 15.1 Å². The maximum atomic E-state index is 9.66. The first-order chi connectivity index (χ1) is 9.52. The third-order valence-electron chi connectivity index (χ3n) is 4.89. The van der Waals surface area contributed by atoms with Gasteiger partial charge in [0.2, 0.25) is 0 Å². The minimum absolute atomic E-state index is 0.141. The lowest BCUT2D eigenvalue weighted by atomic mass is 9.95. The highest BCUT2D eigenvalue weighted by Crippen LogP contribution is 2.22. The summed E-state index contributed by atoms with van der Waals surface area (Å²) >= 11 is 0. The summed E-state index contributed by atoms with van der Waals surface area (Å²) in [6.45, 7) is 12.7. The molecule has 2 saturated heterocycles. The van der Waals surface area contributed by atoms with Crippen molar-refractivity contribution in [2.75, 3.05) is 39.3 Å². The summed E-state index contributed by atoms with van der Waals surface area (Å²) in [4.78, 5) is 5.28. The third-order valence-corrected chi connectivity index (χ3v) is 4.89. The zero-order chi connectivity index (χ0) is 14.6. The van der Waals surface area contributed by atoms with E-state index in [0.29, 0.717) is 6.04 Å². The summed E-state index contributed by atoms with van der Waals surface area (Å²) in [6.07, 6.45) is 5.18. The molecule has 2 fully saturated rings. The van der Waals surface area contributed by atoms with Crippen LogP contribution in [0.3, 0.4) is 0 Å². The van der Waals surface area contributed by atoms with Crippen molar-refractivity contribution in [2.24, 2.45) is 0 Å². The van der Waals surface area contributed by atoms with Crippen molar-refractivity contribution >= 4 is 0 Å². The molecule has 0 spiro atoms. The second-order valence-corrected chi connectivity index (χ2v) is 7.25. The average molecular weight is 283 g/mol. The Bertz CT molecular complexity index is 297. The van der Waals surface area contributed by atoms with E-state index in [1.807, 2.05) is 0 Å². The molecule has 4 heteroatoms. The molecule has 0 aromatic carbocycles. The van der Waals surface area contributed by atoms with E-state index in [-0.39, 0.29) is 12.1 Å². The van der Waals surface area contributed by atoms with Crippen LogP contribution >= 0.6 is 0 Å². The minimum atomic E-state index is -0.141. The molecular weight excluding hydrogens is 250 g/mol. The molecule has 0 bridgehead atoms. The van der Waals surface area contributed by atoms with E-state index in [2.05, 4.69) is 35.9 Å². The molecule has 2 rings (SSSR count). The second-order valence-electron chi connectivity index (χ2n) is 7.25. The Morgan fingerprint density at radius 3 is 2.75 bits per heavy atom. The Hall–Kier alpha value is -0.160. The summed E-state index contributed by atoms with van der Waals surface area (Å²) in [5.41, 5.74) is -0.141. The number of fused-ring (bicyclic) bond motifs is 1. The number of rotatable bonds is 6. The van der Waals surface area contributed by atoms with Crippen LogP contribution in [0.15, 0.2) is 0 Å². The summed E-state index contributed by atoms with van der Waals surface area (Å²) in [6, 6.07) is 1.21. The summed E-state index contributed by atoms with van der Waals surface area (Å²) in [5, 5.41) is 13.2. The van der Waals surface area contributed by atoms with Crippen LogP contribution in [0.5, 0.6) is 0 Å². The highest BCUT2D eigenvalue weighted by atomic mass is 16.3. The van der Waals surface area contributed by atoms with Gasteiger partial charge >= 0.3 is 0 Å². The molecule has 2 aliphatic rings. The SMILES string of the molecule is CC(C)NC(C)(CO)CCN1CCN2CCCCC2C1. The molecule has 2 heterocycles. The summed E-state index contributed by atoms with van der Waals surface area (Å²) < 4.78 is 0. The number of aliphatic hydroxyl groups is 1. The van der Waals surface area contributed by atoms with Gasteiger partial charge in [0.05, 0.1) is 6.61 Å². The van der Waals surface area contributed by atoms with E-state index >= 15 is 0 Å². The van der Waals surface area contributed by atoms with Crippen LogP contribution in [0.2, 0.25) is 0 Å². The van der Waals surface area contributed by atoms with Gasteiger partial charge in [0.15, 0.2) is 0 Å². The number of nitrogens with one attached hydrogen (secondary N) is 1. The maximum Gasteiger partial charge on any atom is 0.0611 e. The van der Waals surface area contributed by atoms with Crippen molar-refractivity contribution in [1.29, 1.82) is 0 Å². The van der Waals surface area contributed by atoms with Gasteiger partial charge in [-0.15, -0.1) is 0 Å². The zero-order valence-corrected chi connectivity index (χ0v) is 13.6. The molecular formula is C16H33N3O. The molecule has 4 nitrogen and oxygen atoms in total. The van der Waals surface area contributed by atoms with Gasteiger partial charge in [0.25, 0.3) is 0 Å². The van der Waals surface area contributed by atoms with E-state index in [1.54, 1.807) is 0 Å². The van der Waals surface area contributed by atoms with Crippen LogP contribution in [0.1, 0.15) is 46.5 Å². The van der Waals surface area contributed by atoms with Crippen LogP contribution in [0.25, 0.3) is 0 Å². The van der Waals surface area contributed by atoms with Crippen LogP contribution in [-0.4, -0.2) is 71.9 Å². The number of nitrogens with zero attached hydrogens (tertiary/aromatic N) is 2. The molecule has 2 aliphatic heterocycles. The topological polar surface area (TPSA) is 38.7 Å². The first-order valence-electron chi connectivity index (χ1n) is 8.37. The number of piperidine rings is 1. The minimum Gasteiger partial charge on any atom is -0.394 e. The molecule has 0 radical (unpaired) electrons. The fourth-order valence-corrected chi connectivity index (χ4v) is 3.72. The third kappa shape index (κ3) is 4.42. The largest absolute Gasteiger partial charge is 0.394 e. The fourth-order valence-electron chi connectivity index (χ4n) is 3.72. The normalized spacial score (nSPS) is 28.4. The quantitative estimate of drug-likeness (QED) is 0.771. The molecule has 0 aliphatic carbocycles. The first kappa shape index (κ1) is 16.2. The number of hydrogen-bond donors (Lipinski definition) is 2. The van der Waals surface area contributed by atoms with E-state index in [9.17, 15) is 5.11 Å². The van der Waals surface area contributed by atoms with Crippen molar-refractivity contribution in [3.8, 4) is 0 Å². The summed E-state index contributed by atoms with van der Waals surface area (Å²) in [5.74, 6) is 0. The Labute approximate surface area is 124 Å². The first-order valence-corrected chi connectivity index (χ1v) is 8.37. The fraction of sp³-hybridized carbons (Fsp3) is 1.00. The van der Waals surface area contributed by atoms with E-state index in [4.69, 9.17) is 0 Å². The Kier molecular flexibility index (Phi) is 5.84. The highest BCUT2D eigenvalue weighted by Gasteiger charge is 2.30. The van der Waals surface area contributed by atoms with Gasteiger partial charge in [-0.05, 0) is 32.7 Å². The van der Waals surface area contributed by atoms with Crippen molar-refractivity contribution < 1.29 is 5.11 Å². The van der Waals surface area contributed by atoms with Gasteiger partial charge in [0, 0.05) is 43.8 Å². The Balaban J connectivity index is 1.78. The van der Waals surface area contributed by atoms with Crippen molar-refractivity contribution in [3.63, 3.8) is 0 Å². The van der Waals surface area contributed by atoms with Gasteiger partial charge in [0.1, 0.15) is 0 Å². The predicted molar refractivity (Wildman–Crippen MR) is 84.0 cm³/mol. The van der Waals surface area contributed by atoms with Gasteiger partial charge in [-0.25, -0.2) is 0 Å². The van der Waals surface area contributed by atoms with E-state index in [0.717, 1.165) is 19.0 Å². The lowest BCUT2D eigenvalue weighted by Gasteiger charge is -2.45. The van der Waals surface area contributed by atoms with Gasteiger partial charge in [-0.2, -0.15) is 0 Å². The summed E-state index contributed by atoms with van der Waals surface area (Å²) in [7, 11) is 0. The van der Waals surface area contributed by atoms with Crippen LogP contribution in [0, 0.1) is 0 Å². The molecule has 0 saturated carbocycles. The lowest BCUT2D eigenvalue weighted by molar-refractivity contribution is 0.0412. The highest BCUT2D eigenvalue weighted by molar-refractivity contribution is 4.89. The average Bonchev–Trinajstić information content (AvgIpc) is 2.44. The molecule has 2 N–H and O–H groups in total. The Morgan fingerprint density at radius 2 is 2.05 bits per heavy atom. The van der Waals surface area contributed by atoms with Crippen LogP contribution in [-0.2, 0) is 0 Å². The van der Waals surface area contributed by atoms with Gasteiger partial charge in [-0.1, -0.05) is 20.3 Å². The van der Waals surface area contributed by atoms with Gasteiger partial charge in [-0.3, -0.25) is 4.90 Å². The molecule has 118 valence electrons. The molecule has 2 unspecified atom stereocenters. The lowest BCUT2D eigenvalue weighted by Crippen LogP contribution is -2.56.